The van der Waals surface area contributed by atoms with E-state index in [1.165, 1.54) is 0 Å². The molecule has 0 saturated heterocycles. The second kappa shape index (κ2) is 17.5. The van der Waals surface area contributed by atoms with Crippen molar-refractivity contribution in [2.24, 2.45) is 10.8 Å². The summed E-state index contributed by atoms with van der Waals surface area (Å²) in [6, 6.07) is 14.5. The SMILES string of the molecule is CN(CCN1C(=O)C(C)(C)CN(C2CCCC2)c2nc(Nc3cccc(NS(C)(=O)=O)c3)ncc21)C(=O)c1cccc(Nc2ncc3c(n2)N(C2CCCC2)CC(C)(C)C(=O)N3C)c1. The van der Waals surface area contributed by atoms with E-state index in [0.29, 0.717) is 64.8 Å². The highest BCUT2D eigenvalue weighted by Crippen LogP contribution is 2.42. The Bertz CT molecular complexity index is 2540. The first-order valence-electron chi connectivity index (χ1n) is 22.2. The smallest absolute Gasteiger partial charge is 0.253 e. The lowest BCUT2D eigenvalue weighted by Crippen LogP contribution is -2.47. The van der Waals surface area contributed by atoms with Crippen LogP contribution in [0.15, 0.2) is 60.9 Å². The number of carbonyl (C=O) groups excluding carboxylic acids is 3. The number of benzene rings is 2. The molecule has 3 amide bonds. The van der Waals surface area contributed by atoms with Crippen LogP contribution in [0.1, 0.15) is 89.4 Å². The van der Waals surface area contributed by atoms with E-state index < -0.39 is 20.9 Å². The Morgan fingerprint density at radius 3 is 1.83 bits per heavy atom. The maximum absolute atomic E-state index is 14.5. The molecule has 2 fully saturated rings. The summed E-state index contributed by atoms with van der Waals surface area (Å²) in [5.41, 5.74) is 1.94. The van der Waals surface area contributed by atoms with Crippen LogP contribution in [0.3, 0.4) is 0 Å². The van der Waals surface area contributed by atoms with Gasteiger partial charge >= 0.3 is 0 Å². The Kier molecular flexibility index (Phi) is 12.2. The lowest BCUT2D eigenvalue weighted by Gasteiger charge is -2.34. The maximum atomic E-state index is 14.5. The third-order valence-electron chi connectivity index (χ3n) is 12.9. The Morgan fingerprint density at radius 2 is 1.25 bits per heavy atom. The fourth-order valence-electron chi connectivity index (χ4n) is 9.57. The minimum atomic E-state index is -3.48. The largest absolute Gasteiger partial charge is 0.351 e. The van der Waals surface area contributed by atoms with Gasteiger partial charge in [-0.05, 0) is 89.8 Å². The van der Waals surface area contributed by atoms with Crippen LogP contribution in [0.25, 0.3) is 0 Å². The summed E-state index contributed by atoms with van der Waals surface area (Å²) in [5, 5.41) is 6.54. The zero-order valence-electron chi connectivity index (χ0n) is 37.9. The fraction of sp³-hybridized carbons (Fsp3) is 0.500. The van der Waals surface area contributed by atoms with Crippen LogP contribution in [0.5, 0.6) is 0 Å². The van der Waals surface area contributed by atoms with Gasteiger partial charge in [-0.3, -0.25) is 19.1 Å². The van der Waals surface area contributed by atoms with Gasteiger partial charge in [0, 0.05) is 69.3 Å². The van der Waals surface area contributed by atoms with E-state index in [1.807, 2.05) is 39.8 Å². The normalized spacial score (nSPS) is 18.9. The summed E-state index contributed by atoms with van der Waals surface area (Å²) in [6.07, 6.45) is 13.0. The molecule has 0 spiro atoms. The second-order valence-electron chi connectivity index (χ2n) is 19.0. The molecule has 4 heterocycles. The van der Waals surface area contributed by atoms with E-state index in [4.69, 9.17) is 9.97 Å². The number of anilines is 9. The number of fused-ring (bicyclic) bond motifs is 2. The molecule has 17 nitrogen and oxygen atoms in total. The van der Waals surface area contributed by atoms with Crippen molar-refractivity contribution in [3.63, 3.8) is 0 Å². The molecule has 2 saturated carbocycles. The Labute approximate surface area is 376 Å². The summed E-state index contributed by atoms with van der Waals surface area (Å²) in [7, 11) is 0.0321. The Balaban J connectivity index is 1.01. The molecule has 2 aromatic carbocycles. The first-order valence-corrected chi connectivity index (χ1v) is 24.1. The van der Waals surface area contributed by atoms with Gasteiger partial charge < -0.3 is 35.1 Å². The van der Waals surface area contributed by atoms with Crippen LogP contribution in [0, 0.1) is 10.8 Å². The molecule has 340 valence electrons. The molecule has 0 radical (unpaired) electrons. The van der Waals surface area contributed by atoms with Gasteiger partial charge in [-0.15, -0.1) is 0 Å². The highest BCUT2D eigenvalue weighted by molar-refractivity contribution is 7.92. The van der Waals surface area contributed by atoms with Gasteiger partial charge in [-0.1, -0.05) is 37.8 Å². The van der Waals surface area contributed by atoms with Crippen molar-refractivity contribution in [2.45, 2.75) is 91.1 Å². The first-order chi connectivity index (χ1) is 30.4. The molecular formula is C46H60N12O5S. The average Bonchev–Trinajstić information content (AvgIpc) is 3.98. The van der Waals surface area contributed by atoms with Crippen LogP contribution in [-0.2, 0) is 19.6 Å². The third kappa shape index (κ3) is 9.42. The van der Waals surface area contributed by atoms with Crippen LogP contribution in [0.2, 0.25) is 0 Å². The second-order valence-corrected chi connectivity index (χ2v) is 20.8. The first kappa shape index (κ1) is 44.6. The molecule has 2 aliphatic heterocycles. The number of hydrogen-bond acceptors (Lipinski definition) is 13. The van der Waals surface area contributed by atoms with E-state index in [1.54, 1.807) is 77.6 Å². The highest BCUT2D eigenvalue weighted by atomic mass is 32.2. The lowest BCUT2D eigenvalue weighted by molar-refractivity contribution is -0.126. The number of likely N-dealkylation sites (N-methyl/N-ethyl adjacent to an activating group) is 1. The number of aromatic nitrogens is 4. The molecule has 2 aromatic heterocycles. The highest BCUT2D eigenvalue weighted by Gasteiger charge is 2.44. The Hall–Kier alpha value is -6.04. The zero-order valence-corrected chi connectivity index (χ0v) is 38.7. The van der Waals surface area contributed by atoms with Crippen molar-refractivity contribution in [1.82, 2.24) is 24.8 Å². The number of nitrogens with one attached hydrogen (secondary N) is 3. The number of nitrogens with zero attached hydrogens (tertiary/aromatic N) is 9. The maximum Gasteiger partial charge on any atom is 0.253 e. The van der Waals surface area contributed by atoms with Crippen molar-refractivity contribution in [1.29, 1.82) is 0 Å². The number of sulfonamides is 1. The van der Waals surface area contributed by atoms with Crippen molar-refractivity contribution < 1.29 is 22.8 Å². The van der Waals surface area contributed by atoms with E-state index in [-0.39, 0.29) is 42.9 Å². The van der Waals surface area contributed by atoms with Crippen LogP contribution < -0.4 is 35.0 Å². The Morgan fingerprint density at radius 1 is 0.750 bits per heavy atom. The molecule has 4 aliphatic rings. The topological polar surface area (TPSA) is 189 Å². The van der Waals surface area contributed by atoms with Crippen LogP contribution >= 0.6 is 0 Å². The van der Waals surface area contributed by atoms with Crippen molar-refractivity contribution in [3.8, 4) is 0 Å². The summed E-state index contributed by atoms with van der Waals surface area (Å²) in [4.78, 5) is 70.9. The van der Waals surface area contributed by atoms with Gasteiger partial charge in [0.1, 0.15) is 11.4 Å². The molecule has 4 aromatic rings. The summed E-state index contributed by atoms with van der Waals surface area (Å²) < 4.78 is 26.3. The molecule has 0 unspecified atom stereocenters. The van der Waals surface area contributed by atoms with Crippen molar-refractivity contribution >= 4 is 79.7 Å². The molecule has 8 rings (SSSR count). The standard InChI is InChI=1S/C46H60N12O5S/c1-45(2)28-57(34-18-8-9-19-34)38-36(55(6)41(45)60)26-47-43(51-38)49-31-15-12-14-30(24-31)40(59)54(5)22-23-56-37-27-48-44(50-32-16-13-17-33(25-32)53-64(7,62)63)52-39(37)58(35-20-10-11-21-35)29-46(3,4)42(56)61/h12-17,24-27,34-35,53H,8-11,18-23,28-29H2,1-7H3,(H,47,49,51)(H,48,50,52). The molecule has 64 heavy (non-hydrogen) atoms. The number of carbonyl (C=O) groups is 3. The van der Waals surface area contributed by atoms with Gasteiger partial charge in [0.2, 0.25) is 33.7 Å². The fourth-order valence-corrected chi connectivity index (χ4v) is 10.1. The number of amides is 3. The van der Waals surface area contributed by atoms with Gasteiger partial charge in [0.25, 0.3) is 5.91 Å². The molecule has 2 aliphatic carbocycles. The predicted octanol–water partition coefficient (Wildman–Crippen LogP) is 6.77. The third-order valence-corrected chi connectivity index (χ3v) is 13.5. The summed E-state index contributed by atoms with van der Waals surface area (Å²) in [5.74, 6) is 1.75. The van der Waals surface area contributed by atoms with Gasteiger partial charge in [0.15, 0.2) is 11.6 Å². The molecule has 3 N–H and O–H groups in total. The van der Waals surface area contributed by atoms with Crippen LogP contribution in [-0.4, -0.2) is 110 Å². The molecule has 0 atom stereocenters. The average molecular weight is 893 g/mol. The monoisotopic (exact) mass is 892 g/mol. The molecule has 18 heteroatoms. The van der Waals surface area contributed by atoms with Gasteiger partial charge in [-0.25, -0.2) is 18.4 Å². The van der Waals surface area contributed by atoms with E-state index in [9.17, 15) is 22.8 Å². The zero-order chi connectivity index (χ0) is 45.6. The van der Waals surface area contributed by atoms with Crippen LogP contribution in [0.4, 0.5) is 52.0 Å². The van der Waals surface area contributed by atoms with Crippen molar-refractivity contribution in [2.75, 3.05) is 81.5 Å². The van der Waals surface area contributed by atoms with E-state index in [0.717, 1.165) is 63.4 Å². The summed E-state index contributed by atoms with van der Waals surface area (Å²) in [6.45, 7) is 9.32. The van der Waals surface area contributed by atoms with Gasteiger partial charge in [0.05, 0.1) is 35.2 Å². The quantitative estimate of drug-likeness (QED) is 0.135. The minimum absolute atomic E-state index is 0.0227. The predicted molar refractivity (Wildman–Crippen MR) is 251 cm³/mol. The lowest BCUT2D eigenvalue weighted by atomic mass is 9.90. The van der Waals surface area contributed by atoms with E-state index >= 15 is 0 Å². The van der Waals surface area contributed by atoms with E-state index in [2.05, 4.69) is 35.1 Å². The summed E-state index contributed by atoms with van der Waals surface area (Å²) >= 11 is 0. The molecule has 0 bridgehead atoms. The molecular weight excluding hydrogens is 833 g/mol. The number of rotatable bonds is 12. The van der Waals surface area contributed by atoms with Gasteiger partial charge in [-0.2, -0.15) is 9.97 Å². The number of hydrogen-bond donors (Lipinski definition) is 3. The minimum Gasteiger partial charge on any atom is -0.351 e. The van der Waals surface area contributed by atoms with Crippen molar-refractivity contribution in [3.05, 3.63) is 66.5 Å².